The van der Waals surface area contributed by atoms with Gasteiger partial charge in [0.05, 0.1) is 19.8 Å². The minimum Gasteiger partial charge on any atom is -0.507 e. The molecule has 0 aromatic heterocycles. The molecule has 0 radical (unpaired) electrons. The van der Waals surface area contributed by atoms with Crippen molar-refractivity contribution >= 4 is 0 Å². The maximum Gasteiger partial charge on any atom is 0.146 e. The van der Waals surface area contributed by atoms with Crippen LogP contribution in [0.4, 0.5) is 0 Å². The van der Waals surface area contributed by atoms with E-state index < -0.39 is 0 Å². The molecule has 5 nitrogen and oxygen atoms in total. The van der Waals surface area contributed by atoms with Crippen molar-refractivity contribution in [1.29, 1.82) is 0 Å². The van der Waals surface area contributed by atoms with Crippen LogP contribution < -0.4 is 0 Å². The third kappa shape index (κ3) is 3.18. The molecule has 0 fully saturated rings. The Balaban J connectivity index is 2.84. The SMILES string of the molecule is COCOCc1cc(CO)c(O)c(CO)c1. The van der Waals surface area contributed by atoms with E-state index in [0.717, 1.165) is 5.56 Å². The van der Waals surface area contributed by atoms with Crippen molar-refractivity contribution in [3.8, 4) is 5.75 Å². The lowest BCUT2D eigenvalue weighted by Crippen LogP contribution is -2.00. The topological polar surface area (TPSA) is 79.2 Å². The summed E-state index contributed by atoms with van der Waals surface area (Å²) in [7, 11) is 1.52. The maximum absolute atomic E-state index is 9.60. The van der Waals surface area contributed by atoms with Gasteiger partial charge < -0.3 is 24.8 Å². The van der Waals surface area contributed by atoms with Gasteiger partial charge in [-0.2, -0.15) is 0 Å². The number of benzene rings is 1. The number of hydrogen-bond acceptors (Lipinski definition) is 5. The molecule has 16 heavy (non-hydrogen) atoms. The van der Waals surface area contributed by atoms with Gasteiger partial charge in [0.15, 0.2) is 0 Å². The Morgan fingerprint density at radius 3 is 2.12 bits per heavy atom. The molecular formula is C11H16O5. The van der Waals surface area contributed by atoms with E-state index in [-0.39, 0.29) is 25.8 Å². The largest absolute Gasteiger partial charge is 0.507 e. The summed E-state index contributed by atoms with van der Waals surface area (Å²) >= 11 is 0. The quantitative estimate of drug-likeness (QED) is 0.488. The van der Waals surface area contributed by atoms with Crippen molar-refractivity contribution < 1.29 is 24.8 Å². The molecule has 0 amide bonds. The van der Waals surface area contributed by atoms with Crippen LogP contribution in [0.2, 0.25) is 0 Å². The van der Waals surface area contributed by atoms with Crippen LogP contribution in [-0.2, 0) is 29.3 Å². The highest BCUT2D eigenvalue weighted by Crippen LogP contribution is 2.25. The van der Waals surface area contributed by atoms with Crippen LogP contribution in [0.3, 0.4) is 0 Å². The molecule has 1 aromatic rings. The Bertz CT molecular complexity index is 312. The van der Waals surface area contributed by atoms with E-state index in [0.29, 0.717) is 17.7 Å². The van der Waals surface area contributed by atoms with Crippen molar-refractivity contribution in [2.45, 2.75) is 19.8 Å². The summed E-state index contributed by atoms with van der Waals surface area (Å²) in [5, 5.41) is 27.7. The van der Waals surface area contributed by atoms with Gasteiger partial charge in [-0.1, -0.05) is 0 Å². The van der Waals surface area contributed by atoms with Crippen LogP contribution >= 0.6 is 0 Å². The Labute approximate surface area is 93.9 Å². The predicted octanol–water partition coefficient (Wildman–Crippen LogP) is 0.497. The molecule has 1 rings (SSSR count). The van der Waals surface area contributed by atoms with Gasteiger partial charge in [-0.15, -0.1) is 0 Å². The van der Waals surface area contributed by atoms with Crippen LogP contribution in [0.15, 0.2) is 12.1 Å². The first-order valence-corrected chi connectivity index (χ1v) is 4.85. The molecule has 0 aliphatic rings. The van der Waals surface area contributed by atoms with E-state index in [4.69, 9.17) is 19.7 Å². The lowest BCUT2D eigenvalue weighted by atomic mass is 10.1. The molecule has 0 aliphatic carbocycles. The van der Waals surface area contributed by atoms with E-state index in [1.807, 2.05) is 0 Å². The normalized spacial score (nSPS) is 10.7. The van der Waals surface area contributed by atoms with Gasteiger partial charge in [-0.05, 0) is 17.7 Å². The second-order valence-electron chi connectivity index (χ2n) is 3.33. The molecule has 0 aliphatic heterocycles. The number of aliphatic hydroxyl groups excluding tert-OH is 2. The smallest absolute Gasteiger partial charge is 0.146 e. The zero-order valence-electron chi connectivity index (χ0n) is 9.14. The first-order chi connectivity index (χ1) is 7.72. The highest BCUT2D eigenvalue weighted by Gasteiger charge is 2.08. The van der Waals surface area contributed by atoms with E-state index in [9.17, 15) is 5.11 Å². The van der Waals surface area contributed by atoms with Crippen molar-refractivity contribution in [1.82, 2.24) is 0 Å². The molecule has 5 heteroatoms. The molecule has 0 heterocycles. The fourth-order valence-corrected chi connectivity index (χ4v) is 1.40. The van der Waals surface area contributed by atoms with E-state index in [1.165, 1.54) is 7.11 Å². The van der Waals surface area contributed by atoms with Crippen LogP contribution in [0.5, 0.6) is 5.75 Å². The summed E-state index contributed by atoms with van der Waals surface area (Å²) in [4.78, 5) is 0. The number of phenols is 1. The van der Waals surface area contributed by atoms with Crippen molar-refractivity contribution in [2.75, 3.05) is 13.9 Å². The molecular weight excluding hydrogens is 212 g/mol. The van der Waals surface area contributed by atoms with Crippen LogP contribution in [0, 0.1) is 0 Å². The summed E-state index contributed by atoms with van der Waals surface area (Å²) in [5.74, 6) is -0.0690. The molecule has 3 N–H and O–H groups in total. The molecule has 0 atom stereocenters. The lowest BCUT2D eigenvalue weighted by Gasteiger charge is -2.10. The van der Waals surface area contributed by atoms with Crippen molar-refractivity contribution in [2.24, 2.45) is 0 Å². The molecule has 1 aromatic carbocycles. The average molecular weight is 228 g/mol. The summed E-state index contributed by atoms with van der Waals surface area (Å²) in [6, 6.07) is 3.26. The third-order valence-corrected chi connectivity index (χ3v) is 2.14. The fourth-order valence-electron chi connectivity index (χ4n) is 1.40. The van der Waals surface area contributed by atoms with Gasteiger partial charge in [0, 0.05) is 18.2 Å². The number of aliphatic hydroxyl groups is 2. The second kappa shape index (κ2) is 6.44. The van der Waals surface area contributed by atoms with Crippen molar-refractivity contribution in [3.63, 3.8) is 0 Å². The fraction of sp³-hybridized carbons (Fsp3) is 0.455. The Morgan fingerprint density at radius 1 is 1.12 bits per heavy atom. The Kier molecular flexibility index (Phi) is 5.21. The monoisotopic (exact) mass is 228 g/mol. The van der Waals surface area contributed by atoms with Gasteiger partial charge in [0.1, 0.15) is 12.5 Å². The molecule has 0 unspecified atom stereocenters. The zero-order valence-corrected chi connectivity index (χ0v) is 9.14. The van der Waals surface area contributed by atoms with Crippen LogP contribution in [0.1, 0.15) is 16.7 Å². The highest BCUT2D eigenvalue weighted by atomic mass is 16.7. The van der Waals surface area contributed by atoms with E-state index in [2.05, 4.69) is 0 Å². The molecule has 0 spiro atoms. The third-order valence-electron chi connectivity index (χ3n) is 2.14. The summed E-state index contributed by atoms with van der Waals surface area (Å²) < 4.78 is 9.87. The molecule has 90 valence electrons. The van der Waals surface area contributed by atoms with Gasteiger partial charge in [0.25, 0.3) is 0 Å². The maximum atomic E-state index is 9.60. The predicted molar refractivity (Wildman–Crippen MR) is 56.6 cm³/mol. The molecule has 0 saturated carbocycles. The standard InChI is InChI=1S/C11H16O5/c1-15-7-16-6-8-2-9(4-12)11(14)10(3-8)5-13/h2-3,12-14H,4-7H2,1H3. The number of rotatable bonds is 6. The number of ether oxygens (including phenoxy) is 2. The lowest BCUT2D eigenvalue weighted by molar-refractivity contribution is -0.0391. The zero-order chi connectivity index (χ0) is 12.0. The highest BCUT2D eigenvalue weighted by molar-refractivity contribution is 5.43. The van der Waals surface area contributed by atoms with E-state index in [1.54, 1.807) is 12.1 Å². The van der Waals surface area contributed by atoms with Crippen LogP contribution in [-0.4, -0.2) is 29.2 Å². The first kappa shape index (κ1) is 12.9. The second-order valence-corrected chi connectivity index (χ2v) is 3.33. The minimum atomic E-state index is -0.281. The Hall–Kier alpha value is -1.14. The summed E-state index contributed by atoms with van der Waals surface area (Å²) in [6.45, 7) is -0.0915. The first-order valence-electron chi connectivity index (χ1n) is 4.85. The number of aromatic hydroxyl groups is 1. The number of hydrogen-bond donors (Lipinski definition) is 3. The molecule has 0 saturated heterocycles. The van der Waals surface area contributed by atoms with Crippen LogP contribution in [0.25, 0.3) is 0 Å². The average Bonchev–Trinajstić information content (AvgIpc) is 2.31. The van der Waals surface area contributed by atoms with Gasteiger partial charge in [-0.3, -0.25) is 0 Å². The van der Waals surface area contributed by atoms with Gasteiger partial charge in [0.2, 0.25) is 0 Å². The van der Waals surface area contributed by atoms with Gasteiger partial charge >= 0.3 is 0 Å². The van der Waals surface area contributed by atoms with Crippen molar-refractivity contribution in [3.05, 3.63) is 28.8 Å². The Morgan fingerprint density at radius 2 is 1.69 bits per heavy atom. The summed E-state index contributed by atoms with van der Waals surface area (Å²) in [5.41, 5.74) is 1.52. The summed E-state index contributed by atoms with van der Waals surface area (Å²) in [6.07, 6.45) is 0. The van der Waals surface area contributed by atoms with Gasteiger partial charge in [-0.25, -0.2) is 0 Å². The number of methoxy groups -OCH3 is 1. The minimum absolute atomic E-state index is 0.0690. The molecule has 0 bridgehead atoms. The van der Waals surface area contributed by atoms with E-state index >= 15 is 0 Å².